The molecule has 3 rings (SSSR count). The highest BCUT2D eigenvalue weighted by molar-refractivity contribution is 5.82. The van der Waals surface area contributed by atoms with Gasteiger partial charge in [0.1, 0.15) is 11.9 Å². The third-order valence-electron chi connectivity index (χ3n) is 3.57. The van der Waals surface area contributed by atoms with E-state index in [4.69, 9.17) is 5.73 Å². The number of para-hydroxylation sites is 1. The van der Waals surface area contributed by atoms with Gasteiger partial charge in [0.25, 0.3) is 0 Å². The number of aryl methyl sites for hydroxylation is 2. The van der Waals surface area contributed by atoms with Crippen molar-refractivity contribution in [2.75, 3.05) is 0 Å². The molecular formula is C15H19N5. The first-order chi connectivity index (χ1) is 9.72. The predicted octanol–water partition coefficient (Wildman–Crippen LogP) is 2.23. The second-order valence-corrected chi connectivity index (χ2v) is 4.98. The van der Waals surface area contributed by atoms with Crippen LogP contribution in [0.3, 0.4) is 0 Å². The Kier molecular flexibility index (Phi) is 3.28. The van der Waals surface area contributed by atoms with Crippen molar-refractivity contribution in [2.24, 2.45) is 12.8 Å². The van der Waals surface area contributed by atoms with Gasteiger partial charge in [-0.25, -0.2) is 4.98 Å². The quantitative estimate of drug-likeness (QED) is 0.790. The highest BCUT2D eigenvalue weighted by Crippen LogP contribution is 2.25. The summed E-state index contributed by atoms with van der Waals surface area (Å²) < 4.78 is 3.98. The van der Waals surface area contributed by atoms with E-state index in [1.54, 1.807) is 6.20 Å². The zero-order valence-corrected chi connectivity index (χ0v) is 11.8. The van der Waals surface area contributed by atoms with Crippen LogP contribution < -0.4 is 5.73 Å². The second kappa shape index (κ2) is 5.09. The molecule has 0 saturated carbocycles. The van der Waals surface area contributed by atoms with Gasteiger partial charge in [0, 0.05) is 31.4 Å². The Hall–Kier alpha value is -2.14. The summed E-state index contributed by atoms with van der Waals surface area (Å²) in [6.45, 7) is 3.07. The molecule has 5 heteroatoms. The molecule has 2 aromatic heterocycles. The average Bonchev–Trinajstić information content (AvgIpc) is 3.04. The molecule has 0 aliphatic carbocycles. The fourth-order valence-electron chi connectivity index (χ4n) is 2.62. The van der Waals surface area contributed by atoms with Crippen molar-refractivity contribution in [3.05, 3.63) is 48.2 Å². The number of imidazole rings is 1. The SMILES string of the molecule is CCCn1ccnc1C(N)c1nn(C)c2ccccc12. The molecule has 0 fully saturated rings. The Labute approximate surface area is 118 Å². The Balaban J connectivity index is 2.08. The van der Waals surface area contributed by atoms with Crippen LogP contribution in [0.25, 0.3) is 10.9 Å². The third kappa shape index (κ3) is 2.00. The highest BCUT2D eigenvalue weighted by atomic mass is 15.3. The predicted molar refractivity (Wildman–Crippen MR) is 79.3 cm³/mol. The molecule has 1 aromatic carbocycles. The van der Waals surface area contributed by atoms with Crippen molar-refractivity contribution in [2.45, 2.75) is 25.9 Å². The smallest absolute Gasteiger partial charge is 0.131 e. The monoisotopic (exact) mass is 269 g/mol. The number of aromatic nitrogens is 4. The van der Waals surface area contributed by atoms with Crippen molar-refractivity contribution in [3.8, 4) is 0 Å². The van der Waals surface area contributed by atoms with Crippen LogP contribution in [0.15, 0.2) is 36.7 Å². The van der Waals surface area contributed by atoms with Gasteiger partial charge in [-0.05, 0) is 12.5 Å². The minimum absolute atomic E-state index is 0.303. The van der Waals surface area contributed by atoms with Crippen LogP contribution in [0.1, 0.15) is 30.9 Å². The molecule has 0 amide bonds. The molecule has 2 heterocycles. The molecule has 3 aromatic rings. The number of hydrogen-bond donors (Lipinski definition) is 1. The van der Waals surface area contributed by atoms with Crippen molar-refractivity contribution < 1.29 is 0 Å². The Morgan fingerprint density at radius 1 is 1.30 bits per heavy atom. The van der Waals surface area contributed by atoms with Crippen molar-refractivity contribution in [1.29, 1.82) is 0 Å². The van der Waals surface area contributed by atoms with Crippen LogP contribution in [0.5, 0.6) is 0 Å². The third-order valence-corrected chi connectivity index (χ3v) is 3.57. The van der Waals surface area contributed by atoms with E-state index in [9.17, 15) is 0 Å². The van der Waals surface area contributed by atoms with Crippen LogP contribution in [0.2, 0.25) is 0 Å². The molecule has 1 atom stereocenters. The zero-order chi connectivity index (χ0) is 14.1. The number of hydrogen-bond acceptors (Lipinski definition) is 3. The summed E-state index contributed by atoms with van der Waals surface area (Å²) in [6, 6.07) is 7.83. The molecule has 0 spiro atoms. The lowest BCUT2D eigenvalue weighted by Gasteiger charge is -2.12. The van der Waals surface area contributed by atoms with Gasteiger partial charge >= 0.3 is 0 Å². The number of rotatable bonds is 4. The normalized spacial score (nSPS) is 12.9. The van der Waals surface area contributed by atoms with Crippen LogP contribution in [-0.2, 0) is 13.6 Å². The zero-order valence-electron chi connectivity index (χ0n) is 11.8. The van der Waals surface area contributed by atoms with Gasteiger partial charge in [-0.15, -0.1) is 0 Å². The van der Waals surface area contributed by atoms with E-state index < -0.39 is 0 Å². The maximum Gasteiger partial charge on any atom is 0.131 e. The fourth-order valence-corrected chi connectivity index (χ4v) is 2.62. The van der Waals surface area contributed by atoms with E-state index in [-0.39, 0.29) is 6.04 Å². The van der Waals surface area contributed by atoms with E-state index in [0.717, 1.165) is 35.4 Å². The van der Waals surface area contributed by atoms with Gasteiger partial charge in [0.05, 0.1) is 11.2 Å². The van der Waals surface area contributed by atoms with Crippen molar-refractivity contribution >= 4 is 10.9 Å². The number of fused-ring (bicyclic) bond motifs is 1. The van der Waals surface area contributed by atoms with Crippen molar-refractivity contribution in [3.63, 3.8) is 0 Å². The average molecular weight is 269 g/mol. The summed E-state index contributed by atoms with van der Waals surface area (Å²) in [5, 5.41) is 5.68. The molecule has 0 aliphatic heterocycles. The first-order valence-electron chi connectivity index (χ1n) is 6.90. The lowest BCUT2D eigenvalue weighted by Crippen LogP contribution is -2.19. The molecule has 0 radical (unpaired) electrons. The van der Waals surface area contributed by atoms with E-state index in [2.05, 4.69) is 33.7 Å². The van der Waals surface area contributed by atoms with Gasteiger partial charge in [0.2, 0.25) is 0 Å². The van der Waals surface area contributed by atoms with Crippen molar-refractivity contribution in [1.82, 2.24) is 19.3 Å². The summed E-state index contributed by atoms with van der Waals surface area (Å²) in [5.74, 6) is 0.871. The first kappa shape index (κ1) is 12.9. The van der Waals surface area contributed by atoms with Crippen LogP contribution in [0.4, 0.5) is 0 Å². The Bertz CT molecular complexity index is 725. The van der Waals surface area contributed by atoms with Crippen LogP contribution in [-0.4, -0.2) is 19.3 Å². The maximum atomic E-state index is 6.41. The van der Waals surface area contributed by atoms with Gasteiger partial charge in [0.15, 0.2) is 0 Å². The molecule has 1 unspecified atom stereocenters. The van der Waals surface area contributed by atoms with E-state index in [1.165, 1.54) is 0 Å². The summed E-state index contributed by atoms with van der Waals surface area (Å²) in [7, 11) is 1.94. The lowest BCUT2D eigenvalue weighted by atomic mass is 10.1. The molecule has 5 nitrogen and oxygen atoms in total. The standard InChI is InChI=1S/C15H19N5/c1-3-9-20-10-8-17-15(20)13(16)14-11-6-4-5-7-12(11)19(2)18-14/h4-8,10,13H,3,9,16H2,1-2H3. The van der Waals surface area contributed by atoms with E-state index in [0.29, 0.717) is 0 Å². The van der Waals surface area contributed by atoms with Crippen LogP contribution >= 0.6 is 0 Å². The van der Waals surface area contributed by atoms with Crippen LogP contribution in [0, 0.1) is 0 Å². The minimum Gasteiger partial charge on any atom is -0.333 e. The Morgan fingerprint density at radius 3 is 2.90 bits per heavy atom. The highest BCUT2D eigenvalue weighted by Gasteiger charge is 2.20. The first-order valence-corrected chi connectivity index (χ1v) is 6.90. The fraction of sp³-hybridized carbons (Fsp3) is 0.333. The van der Waals surface area contributed by atoms with E-state index >= 15 is 0 Å². The summed E-state index contributed by atoms with van der Waals surface area (Å²) in [6.07, 6.45) is 4.83. The molecule has 0 saturated heterocycles. The minimum atomic E-state index is -0.303. The maximum absolute atomic E-state index is 6.41. The summed E-state index contributed by atoms with van der Waals surface area (Å²) >= 11 is 0. The second-order valence-electron chi connectivity index (χ2n) is 4.98. The molecule has 2 N–H and O–H groups in total. The Morgan fingerprint density at radius 2 is 2.10 bits per heavy atom. The number of nitrogens with two attached hydrogens (primary N) is 1. The van der Waals surface area contributed by atoms with Gasteiger partial charge in [-0.2, -0.15) is 5.10 Å². The van der Waals surface area contributed by atoms with Gasteiger partial charge in [-0.3, -0.25) is 4.68 Å². The van der Waals surface area contributed by atoms with Gasteiger partial charge < -0.3 is 10.3 Å². The summed E-state index contributed by atoms with van der Waals surface area (Å²) in [4.78, 5) is 4.42. The topological polar surface area (TPSA) is 61.7 Å². The molecule has 0 bridgehead atoms. The largest absolute Gasteiger partial charge is 0.333 e. The number of benzene rings is 1. The molecule has 20 heavy (non-hydrogen) atoms. The molecule has 0 aliphatic rings. The van der Waals surface area contributed by atoms with E-state index in [1.807, 2.05) is 30.1 Å². The number of nitrogens with zero attached hydrogens (tertiary/aromatic N) is 4. The van der Waals surface area contributed by atoms with Gasteiger partial charge in [-0.1, -0.05) is 25.1 Å². The molecule has 104 valence electrons. The lowest BCUT2D eigenvalue weighted by molar-refractivity contribution is 0.602. The molecular weight excluding hydrogens is 250 g/mol. The summed E-state index contributed by atoms with van der Waals surface area (Å²) in [5.41, 5.74) is 8.38.